The molecule has 0 amide bonds. The van der Waals surface area contributed by atoms with Crippen molar-refractivity contribution < 1.29 is 4.79 Å². The Bertz CT molecular complexity index is 320. The van der Waals surface area contributed by atoms with Gasteiger partial charge in [-0.2, -0.15) is 0 Å². The highest BCUT2D eigenvalue weighted by molar-refractivity contribution is 6.14. The van der Waals surface area contributed by atoms with Gasteiger partial charge in [0.1, 0.15) is 0 Å². The Balaban J connectivity index is 2.62. The Labute approximate surface area is 70.7 Å². The van der Waals surface area contributed by atoms with E-state index in [-0.39, 0.29) is 5.78 Å². The number of hydrogen-bond donors (Lipinski definition) is 1. The number of rotatable bonds is 0. The number of carbonyl (C=O) groups excluding carboxylic acids is 1. The van der Waals surface area contributed by atoms with E-state index in [0.29, 0.717) is 24.1 Å². The largest absolute Gasteiger partial charge is 0.305 e. The molecule has 0 spiro atoms. The summed E-state index contributed by atoms with van der Waals surface area (Å²) in [4.78, 5) is 11.3. The first kappa shape index (κ1) is 7.22. The zero-order valence-corrected chi connectivity index (χ0v) is 6.63. The molecule has 2 nitrogen and oxygen atoms in total. The fraction of sp³-hybridized carbons (Fsp3) is 0.200. The molecule has 0 unspecified atom stereocenters. The van der Waals surface area contributed by atoms with Crippen LogP contribution in [0.4, 0.5) is 0 Å². The highest BCUT2D eigenvalue weighted by atomic mass is 16.1. The van der Waals surface area contributed by atoms with Gasteiger partial charge in [0.05, 0.1) is 0 Å². The average Bonchev–Trinajstić information content (AvgIpc) is 2.12. The Kier molecular flexibility index (Phi) is 1.54. The molecule has 1 aromatic carbocycles. The topological polar surface area (TPSA) is 40.9 Å². The van der Waals surface area contributed by atoms with Crippen molar-refractivity contribution in [3.63, 3.8) is 0 Å². The maximum Gasteiger partial charge on any atom is 0.163 e. The fourth-order valence-corrected chi connectivity index (χ4v) is 1.50. The second kappa shape index (κ2) is 2.55. The van der Waals surface area contributed by atoms with Crippen LogP contribution in [-0.2, 0) is 0 Å². The zero-order chi connectivity index (χ0) is 8.55. The summed E-state index contributed by atoms with van der Waals surface area (Å²) in [7, 11) is 0. The summed E-state index contributed by atoms with van der Waals surface area (Å²) in [5.41, 5.74) is 2.12. The minimum atomic E-state index is 0.168. The number of ketones is 1. The number of nitrogens with one attached hydrogen (secondary N) is 1. The monoisotopic (exact) mass is 159 g/mol. The third-order valence-electron chi connectivity index (χ3n) is 2.15. The van der Waals surface area contributed by atoms with Crippen LogP contribution >= 0.6 is 0 Å². The van der Waals surface area contributed by atoms with Gasteiger partial charge in [-0.3, -0.25) is 4.79 Å². The van der Waals surface area contributed by atoms with Crippen LogP contribution in [0.2, 0.25) is 0 Å². The Morgan fingerprint density at radius 2 is 1.75 bits per heavy atom. The quantitative estimate of drug-likeness (QED) is 0.618. The van der Waals surface area contributed by atoms with Crippen molar-refractivity contribution in [2.24, 2.45) is 0 Å². The summed E-state index contributed by atoms with van der Waals surface area (Å²) in [5.74, 6) is 0.168. The lowest BCUT2D eigenvalue weighted by atomic mass is 9.89. The fourth-order valence-electron chi connectivity index (χ4n) is 1.50. The standard InChI is InChI=1S/C10H9NO/c11-9-5-6-10(12)8-4-2-1-3-7(8)9/h1-4,11H,5-6H2. The lowest BCUT2D eigenvalue weighted by Gasteiger charge is -2.14. The van der Waals surface area contributed by atoms with Crippen molar-refractivity contribution in [3.8, 4) is 0 Å². The number of Topliss-reactive ketones (excluding diaryl/α,β-unsaturated/α-hetero) is 1. The van der Waals surface area contributed by atoms with Crippen molar-refractivity contribution in [1.29, 1.82) is 5.41 Å². The van der Waals surface area contributed by atoms with E-state index in [1.807, 2.05) is 18.2 Å². The van der Waals surface area contributed by atoms with Crippen LogP contribution in [0.5, 0.6) is 0 Å². The van der Waals surface area contributed by atoms with Crippen LogP contribution in [0, 0.1) is 5.41 Å². The van der Waals surface area contributed by atoms with E-state index in [2.05, 4.69) is 0 Å². The SMILES string of the molecule is N=C1CCC(=O)c2ccccc21. The lowest BCUT2D eigenvalue weighted by Crippen LogP contribution is -2.16. The first-order valence-corrected chi connectivity index (χ1v) is 3.99. The molecule has 0 saturated heterocycles. The lowest BCUT2D eigenvalue weighted by molar-refractivity contribution is 0.0982. The number of fused-ring (bicyclic) bond motifs is 1. The molecule has 0 heterocycles. The van der Waals surface area contributed by atoms with Gasteiger partial charge in [0, 0.05) is 23.3 Å². The number of hydrogen-bond acceptors (Lipinski definition) is 2. The molecule has 2 rings (SSSR count). The van der Waals surface area contributed by atoms with E-state index in [4.69, 9.17) is 5.41 Å². The van der Waals surface area contributed by atoms with E-state index in [1.165, 1.54) is 0 Å². The van der Waals surface area contributed by atoms with Crippen molar-refractivity contribution in [2.45, 2.75) is 12.8 Å². The molecule has 0 atom stereocenters. The molecule has 1 aliphatic carbocycles. The number of benzene rings is 1. The normalized spacial score (nSPS) is 16.0. The smallest absolute Gasteiger partial charge is 0.163 e. The molecule has 1 N–H and O–H groups in total. The third-order valence-corrected chi connectivity index (χ3v) is 2.15. The summed E-state index contributed by atoms with van der Waals surface area (Å²) in [6.45, 7) is 0. The maximum atomic E-state index is 11.3. The second-order valence-corrected chi connectivity index (χ2v) is 2.95. The molecule has 1 aliphatic rings. The predicted octanol–water partition coefficient (Wildman–Crippen LogP) is 2.03. The molecule has 12 heavy (non-hydrogen) atoms. The van der Waals surface area contributed by atoms with Crippen molar-refractivity contribution in [1.82, 2.24) is 0 Å². The van der Waals surface area contributed by atoms with Crippen LogP contribution in [0.1, 0.15) is 28.8 Å². The third kappa shape index (κ3) is 0.961. The Morgan fingerprint density at radius 3 is 2.42 bits per heavy atom. The summed E-state index contributed by atoms with van der Waals surface area (Å²) in [6, 6.07) is 7.35. The van der Waals surface area contributed by atoms with E-state index in [1.54, 1.807) is 6.07 Å². The highest BCUT2D eigenvalue weighted by Gasteiger charge is 2.19. The van der Waals surface area contributed by atoms with Gasteiger partial charge < -0.3 is 5.41 Å². The van der Waals surface area contributed by atoms with Gasteiger partial charge in [-0.05, 0) is 6.42 Å². The second-order valence-electron chi connectivity index (χ2n) is 2.95. The molecule has 0 saturated carbocycles. The van der Waals surface area contributed by atoms with Crippen molar-refractivity contribution in [2.75, 3.05) is 0 Å². The molecule has 2 heteroatoms. The highest BCUT2D eigenvalue weighted by Crippen LogP contribution is 2.20. The van der Waals surface area contributed by atoms with E-state index < -0.39 is 0 Å². The average molecular weight is 159 g/mol. The molecular weight excluding hydrogens is 150 g/mol. The van der Waals surface area contributed by atoms with E-state index in [0.717, 1.165) is 5.56 Å². The van der Waals surface area contributed by atoms with Gasteiger partial charge in [-0.15, -0.1) is 0 Å². The summed E-state index contributed by atoms with van der Waals surface area (Å²) >= 11 is 0. The summed E-state index contributed by atoms with van der Waals surface area (Å²) in [6.07, 6.45) is 1.09. The van der Waals surface area contributed by atoms with Gasteiger partial charge in [0.15, 0.2) is 5.78 Å². The molecule has 0 aliphatic heterocycles. The van der Waals surface area contributed by atoms with Crippen LogP contribution in [0.25, 0.3) is 0 Å². The predicted molar refractivity (Wildman–Crippen MR) is 46.8 cm³/mol. The molecule has 0 radical (unpaired) electrons. The van der Waals surface area contributed by atoms with E-state index >= 15 is 0 Å². The Morgan fingerprint density at radius 1 is 1.08 bits per heavy atom. The summed E-state index contributed by atoms with van der Waals surface area (Å²) < 4.78 is 0. The van der Waals surface area contributed by atoms with Crippen molar-refractivity contribution in [3.05, 3.63) is 35.4 Å². The van der Waals surface area contributed by atoms with Crippen LogP contribution in [0.15, 0.2) is 24.3 Å². The molecule has 0 aromatic heterocycles. The first-order chi connectivity index (χ1) is 5.79. The van der Waals surface area contributed by atoms with Gasteiger partial charge >= 0.3 is 0 Å². The molecule has 0 bridgehead atoms. The summed E-state index contributed by atoms with van der Waals surface area (Å²) in [5, 5.41) is 7.61. The molecular formula is C10H9NO. The minimum Gasteiger partial charge on any atom is -0.305 e. The Hall–Kier alpha value is -1.44. The van der Waals surface area contributed by atoms with Crippen LogP contribution < -0.4 is 0 Å². The van der Waals surface area contributed by atoms with Crippen LogP contribution in [-0.4, -0.2) is 11.5 Å². The van der Waals surface area contributed by atoms with Crippen LogP contribution in [0.3, 0.4) is 0 Å². The first-order valence-electron chi connectivity index (χ1n) is 3.99. The van der Waals surface area contributed by atoms with E-state index in [9.17, 15) is 4.79 Å². The van der Waals surface area contributed by atoms with Gasteiger partial charge in [-0.25, -0.2) is 0 Å². The maximum absolute atomic E-state index is 11.3. The number of carbonyl (C=O) groups is 1. The van der Waals surface area contributed by atoms with Gasteiger partial charge in [-0.1, -0.05) is 24.3 Å². The zero-order valence-electron chi connectivity index (χ0n) is 6.63. The molecule has 1 aromatic rings. The molecule has 60 valence electrons. The van der Waals surface area contributed by atoms with Gasteiger partial charge in [0.25, 0.3) is 0 Å². The van der Waals surface area contributed by atoms with Crippen molar-refractivity contribution >= 4 is 11.5 Å². The minimum absolute atomic E-state index is 0.168. The molecule has 0 fully saturated rings. The van der Waals surface area contributed by atoms with Gasteiger partial charge in [0.2, 0.25) is 0 Å².